The van der Waals surface area contributed by atoms with E-state index >= 15 is 0 Å². The van der Waals surface area contributed by atoms with Crippen molar-refractivity contribution in [1.29, 1.82) is 0 Å². The zero-order chi connectivity index (χ0) is 14.5. The lowest BCUT2D eigenvalue weighted by Crippen LogP contribution is -2.28. The first-order chi connectivity index (χ1) is 9.28. The number of fused-ring (bicyclic) bond motifs is 1. The minimum atomic E-state index is -3.48. The van der Waals surface area contributed by atoms with Gasteiger partial charge < -0.3 is 5.73 Å². The second-order valence-electron chi connectivity index (χ2n) is 5.96. The van der Waals surface area contributed by atoms with Crippen molar-refractivity contribution in [2.24, 2.45) is 5.41 Å². The summed E-state index contributed by atoms with van der Waals surface area (Å²) in [5.74, 6) is 0.422. The molecule has 1 aliphatic rings. The van der Waals surface area contributed by atoms with Crippen LogP contribution in [0.15, 0.2) is 35.2 Å². The van der Waals surface area contributed by atoms with Gasteiger partial charge in [0.15, 0.2) is 0 Å². The second kappa shape index (κ2) is 4.17. The molecule has 0 bridgehead atoms. The molecule has 1 fully saturated rings. The first-order valence-electron chi connectivity index (χ1n) is 6.47. The van der Waals surface area contributed by atoms with E-state index in [4.69, 9.17) is 5.73 Å². The number of nitrogens with two attached hydrogens (primary N) is 1. The lowest BCUT2D eigenvalue weighted by atomic mass is 10.2. The molecule has 1 aliphatic carbocycles. The molecule has 1 atom stereocenters. The third-order valence-electron chi connectivity index (χ3n) is 3.80. The molecule has 0 spiro atoms. The van der Waals surface area contributed by atoms with Crippen molar-refractivity contribution in [2.75, 3.05) is 5.73 Å². The van der Waals surface area contributed by atoms with E-state index < -0.39 is 10.0 Å². The number of sulfonamides is 1. The fraction of sp³-hybridized carbons (Fsp3) is 0.357. The molecule has 1 aromatic carbocycles. The third kappa shape index (κ3) is 2.36. The Morgan fingerprint density at radius 2 is 2.00 bits per heavy atom. The number of nitrogens with zero attached hydrogens (tertiary/aromatic N) is 1. The van der Waals surface area contributed by atoms with Crippen LogP contribution in [0.1, 0.15) is 20.3 Å². The first-order valence-corrected chi connectivity index (χ1v) is 7.95. The highest BCUT2D eigenvalue weighted by Crippen LogP contribution is 2.45. The Balaban J connectivity index is 1.95. The van der Waals surface area contributed by atoms with Crippen molar-refractivity contribution in [1.82, 2.24) is 9.71 Å². The van der Waals surface area contributed by atoms with E-state index in [9.17, 15) is 8.42 Å². The summed E-state index contributed by atoms with van der Waals surface area (Å²) in [5.41, 5.74) is 6.36. The molecule has 0 saturated heterocycles. The molecule has 0 radical (unpaired) electrons. The number of hydrogen-bond acceptors (Lipinski definition) is 4. The smallest absolute Gasteiger partial charge is 0.240 e. The molecular weight excluding hydrogens is 274 g/mol. The van der Waals surface area contributed by atoms with Crippen LogP contribution < -0.4 is 10.5 Å². The molecular formula is C14H17N3O2S. The van der Waals surface area contributed by atoms with Crippen LogP contribution >= 0.6 is 0 Å². The predicted octanol–water partition coefficient (Wildman–Crippen LogP) is 1.89. The molecule has 1 heterocycles. The topological polar surface area (TPSA) is 85.1 Å². The third-order valence-corrected chi connectivity index (χ3v) is 5.27. The van der Waals surface area contributed by atoms with Gasteiger partial charge in [0.25, 0.3) is 0 Å². The van der Waals surface area contributed by atoms with Gasteiger partial charge in [-0.3, -0.25) is 0 Å². The number of benzene rings is 1. The molecule has 5 nitrogen and oxygen atoms in total. The lowest BCUT2D eigenvalue weighted by Gasteiger charge is -2.09. The van der Waals surface area contributed by atoms with Crippen molar-refractivity contribution in [3.63, 3.8) is 0 Å². The van der Waals surface area contributed by atoms with E-state index in [1.807, 2.05) is 13.8 Å². The molecule has 1 saturated carbocycles. The highest BCUT2D eigenvalue weighted by Gasteiger charge is 2.47. The van der Waals surface area contributed by atoms with Crippen LogP contribution in [-0.2, 0) is 10.0 Å². The molecule has 3 N–H and O–H groups in total. The van der Waals surface area contributed by atoms with Gasteiger partial charge in [-0.25, -0.2) is 18.1 Å². The van der Waals surface area contributed by atoms with Crippen molar-refractivity contribution < 1.29 is 8.42 Å². The molecule has 0 amide bonds. The minimum Gasteiger partial charge on any atom is -0.384 e. The van der Waals surface area contributed by atoms with Crippen molar-refractivity contribution in [2.45, 2.75) is 31.2 Å². The molecule has 20 heavy (non-hydrogen) atoms. The lowest BCUT2D eigenvalue weighted by molar-refractivity contribution is 0.555. The van der Waals surface area contributed by atoms with Crippen molar-refractivity contribution >= 4 is 26.7 Å². The Hall–Kier alpha value is -1.66. The van der Waals surface area contributed by atoms with Crippen LogP contribution in [0, 0.1) is 5.41 Å². The predicted molar refractivity (Wildman–Crippen MR) is 78.7 cm³/mol. The number of anilines is 1. The SMILES string of the molecule is CC1(C)CC1NS(=O)(=O)c1ccc2nc(N)ccc2c1. The quantitative estimate of drug-likeness (QED) is 0.904. The van der Waals surface area contributed by atoms with Crippen LogP contribution in [-0.4, -0.2) is 19.4 Å². The standard InChI is InChI=1S/C14H17N3O2S/c1-14(2)8-12(14)17-20(18,19)10-4-5-11-9(7-10)3-6-13(15)16-11/h3-7,12,17H,8H2,1-2H3,(H2,15,16). The van der Waals surface area contributed by atoms with Crippen LogP contribution in [0.3, 0.4) is 0 Å². The van der Waals surface area contributed by atoms with Crippen LogP contribution in [0.4, 0.5) is 5.82 Å². The summed E-state index contributed by atoms with van der Waals surface area (Å²) < 4.78 is 27.4. The molecule has 1 aromatic heterocycles. The maximum Gasteiger partial charge on any atom is 0.240 e. The van der Waals surface area contributed by atoms with Gasteiger partial charge in [0.1, 0.15) is 5.82 Å². The van der Waals surface area contributed by atoms with Crippen molar-refractivity contribution in [3.8, 4) is 0 Å². The van der Waals surface area contributed by atoms with Gasteiger partial charge in [-0.05, 0) is 42.2 Å². The Morgan fingerprint density at radius 1 is 1.30 bits per heavy atom. The number of rotatable bonds is 3. The summed E-state index contributed by atoms with van der Waals surface area (Å²) in [5, 5.41) is 0.761. The van der Waals surface area contributed by atoms with Gasteiger partial charge in [-0.2, -0.15) is 0 Å². The maximum atomic E-state index is 12.3. The highest BCUT2D eigenvalue weighted by molar-refractivity contribution is 7.89. The minimum absolute atomic E-state index is 0.0211. The van der Waals surface area contributed by atoms with Gasteiger partial charge >= 0.3 is 0 Å². The number of aromatic nitrogens is 1. The summed E-state index contributed by atoms with van der Waals surface area (Å²) in [4.78, 5) is 4.42. The second-order valence-corrected chi connectivity index (χ2v) is 7.67. The van der Waals surface area contributed by atoms with E-state index in [1.165, 1.54) is 0 Å². The van der Waals surface area contributed by atoms with Gasteiger partial charge in [0.05, 0.1) is 10.4 Å². The molecule has 3 rings (SSSR count). The zero-order valence-corrected chi connectivity index (χ0v) is 12.2. The molecule has 6 heteroatoms. The van der Waals surface area contributed by atoms with Gasteiger partial charge in [-0.15, -0.1) is 0 Å². The molecule has 2 aromatic rings. The first kappa shape index (κ1) is 13.3. The number of nitrogen functional groups attached to an aromatic ring is 1. The number of hydrogen-bond donors (Lipinski definition) is 2. The average molecular weight is 291 g/mol. The van der Waals surface area contributed by atoms with E-state index in [0.29, 0.717) is 11.3 Å². The Morgan fingerprint density at radius 3 is 2.65 bits per heavy atom. The highest BCUT2D eigenvalue weighted by atomic mass is 32.2. The van der Waals surface area contributed by atoms with Crippen LogP contribution in [0.25, 0.3) is 10.9 Å². The summed E-state index contributed by atoms with van der Waals surface area (Å²) in [6.07, 6.45) is 0.873. The molecule has 0 aliphatic heterocycles. The Labute approximate surface area is 118 Å². The van der Waals surface area contributed by atoms with Crippen LogP contribution in [0.5, 0.6) is 0 Å². The molecule has 106 valence electrons. The van der Waals surface area contributed by atoms with E-state index in [2.05, 4.69) is 9.71 Å². The fourth-order valence-corrected chi connectivity index (χ4v) is 3.65. The Kier molecular flexibility index (Phi) is 2.78. The van der Waals surface area contributed by atoms with Gasteiger partial charge in [0.2, 0.25) is 10.0 Å². The summed E-state index contributed by atoms with van der Waals surface area (Å²) in [6.45, 7) is 4.10. The average Bonchev–Trinajstić information content (AvgIpc) is 2.94. The van der Waals surface area contributed by atoms with Gasteiger partial charge in [-0.1, -0.05) is 13.8 Å². The Bertz CT molecular complexity index is 784. The van der Waals surface area contributed by atoms with Crippen molar-refractivity contribution in [3.05, 3.63) is 30.3 Å². The monoisotopic (exact) mass is 291 g/mol. The summed E-state index contributed by atoms with van der Waals surface area (Å²) in [6, 6.07) is 8.32. The van der Waals surface area contributed by atoms with E-state index in [-0.39, 0.29) is 16.4 Å². The maximum absolute atomic E-state index is 12.3. The van der Waals surface area contributed by atoms with E-state index in [1.54, 1.807) is 30.3 Å². The fourth-order valence-electron chi connectivity index (χ4n) is 2.21. The largest absolute Gasteiger partial charge is 0.384 e. The van der Waals surface area contributed by atoms with E-state index in [0.717, 1.165) is 11.8 Å². The zero-order valence-electron chi connectivity index (χ0n) is 11.4. The summed E-state index contributed by atoms with van der Waals surface area (Å²) >= 11 is 0. The summed E-state index contributed by atoms with van der Waals surface area (Å²) in [7, 11) is -3.48. The normalized spacial score (nSPS) is 21.0. The number of pyridine rings is 1. The number of nitrogens with one attached hydrogen (secondary N) is 1. The van der Waals surface area contributed by atoms with Gasteiger partial charge in [0, 0.05) is 11.4 Å². The van der Waals surface area contributed by atoms with Crippen LogP contribution in [0.2, 0.25) is 0 Å². The molecule has 1 unspecified atom stereocenters.